The molecule has 7 heteroatoms. The second-order valence-electron chi connectivity index (χ2n) is 4.92. The molecular weight excluding hydrogens is 276 g/mol. The Morgan fingerprint density at radius 1 is 1.33 bits per heavy atom. The molecule has 21 heavy (non-hydrogen) atoms. The van der Waals surface area contributed by atoms with Gasteiger partial charge in [0.15, 0.2) is 6.61 Å². The maximum absolute atomic E-state index is 12.0. The highest BCUT2D eigenvalue weighted by Crippen LogP contribution is 2.19. The number of carbonyl (C=O) groups is 2. The van der Waals surface area contributed by atoms with Crippen LogP contribution in [0.4, 0.5) is 10.5 Å². The van der Waals surface area contributed by atoms with Gasteiger partial charge in [-0.2, -0.15) is 0 Å². The summed E-state index contributed by atoms with van der Waals surface area (Å²) in [7, 11) is 0. The molecule has 1 atom stereocenters. The van der Waals surface area contributed by atoms with Gasteiger partial charge >= 0.3 is 12.0 Å². The van der Waals surface area contributed by atoms with Crippen LogP contribution in [-0.2, 0) is 4.79 Å². The van der Waals surface area contributed by atoms with Gasteiger partial charge in [-0.15, -0.1) is 0 Å². The van der Waals surface area contributed by atoms with E-state index in [0.29, 0.717) is 24.5 Å². The van der Waals surface area contributed by atoms with Crippen molar-refractivity contribution < 1.29 is 24.5 Å². The average molecular weight is 294 g/mol. The van der Waals surface area contributed by atoms with E-state index >= 15 is 0 Å². The monoisotopic (exact) mass is 294 g/mol. The van der Waals surface area contributed by atoms with Crippen LogP contribution >= 0.6 is 0 Å². The standard InChI is InChI=1S/C14H18N2O5/c17-8-10-5-6-16(7-10)14(20)15-11-1-3-12(4-2-11)21-9-13(18)19/h1-4,10,17H,5-9H2,(H,15,20)(H,18,19). The van der Waals surface area contributed by atoms with E-state index < -0.39 is 12.6 Å². The minimum atomic E-state index is -1.04. The lowest BCUT2D eigenvalue weighted by molar-refractivity contribution is -0.139. The summed E-state index contributed by atoms with van der Waals surface area (Å²) in [5, 5.41) is 20.3. The van der Waals surface area contributed by atoms with E-state index in [9.17, 15) is 9.59 Å². The summed E-state index contributed by atoms with van der Waals surface area (Å²) in [4.78, 5) is 24.0. The molecule has 1 saturated heterocycles. The van der Waals surface area contributed by atoms with E-state index in [0.717, 1.165) is 6.42 Å². The third kappa shape index (κ3) is 4.35. The predicted molar refractivity (Wildman–Crippen MR) is 75.4 cm³/mol. The van der Waals surface area contributed by atoms with Gasteiger partial charge in [0.1, 0.15) is 5.75 Å². The predicted octanol–water partition coefficient (Wildman–Crippen LogP) is 0.996. The van der Waals surface area contributed by atoms with Crippen LogP contribution in [0.1, 0.15) is 6.42 Å². The number of hydrogen-bond acceptors (Lipinski definition) is 4. The van der Waals surface area contributed by atoms with Crippen molar-refractivity contribution in [2.24, 2.45) is 5.92 Å². The first kappa shape index (κ1) is 15.1. The van der Waals surface area contributed by atoms with Crippen LogP contribution in [0.2, 0.25) is 0 Å². The summed E-state index contributed by atoms with van der Waals surface area (Å²) in [5.74, 6) is -0.459. The van der Waals surface area contributed by atoms with E-state index in [1.54, 1.807) is 29.2 Å². The number of carbonyl (C=O) groups excluding carboxylic acids is 1. The molecule has 0 aromatic heterocycles. The number of carboxylic acid groups (broad SMARTS) is 1. The summed E-state index contributed by atoms with van der Waals surface area (Å²) in [5.41, 5.74) is 0.607. The van der Waals surface area contributed by atoms with Crippen LogP contribution in [0.5, 0.6) is 5.75 Å². The highest BCUT2D eigenvalue weighted by Gasteiger charge is 2.25. The van der Waals surface area contributed by atoms with E-state index in [1.165, 1.54) is 0 Å². The molecule has 114 valence electrons. The van der Waals surface area contributed by atoms with Crippen LogP contribution in [0, 0.1) is 5.92 Å². The second-order valence-corrected chi connectivity index (χ2v) is 4.92. The number of nitrogens with one attached hydrogen (secondary N) is 1. The summed E-state index contributed by atoms with van der Waals surface area (Å²) in [6.07, 6.45) is 0.811. The molecule has 0 saturated carbocycles. The molecule has 1 aromatic rings. The molecular formula is C14H18N2O5. The first-order chi connectivity index (χ1) is 10.1. The van der Waals surface area contributed by atoms with Crippen molar-refractivity contribution in [1.29, 1.82) is 0 Å². The van der Waals surface area contributed by atoms with Crippen LogP contribution < -0.4 is 10.1 Å². The largest absolute Gasteiger partial charge is 0.482 e. The minimum Gasteiger partial charge on any atom is -0.482 e. The Morgan fingerprint density at radius 3 is 2.62 bits per heavy atom. The van der Waals surface area contributed by atoms with Gasteiger partial charge in [0.05, 0.1) is 0 Å². The molecule has 2 rings (SSSR count). The number of likely N-dealkylation sites (tertiary alicyclic amines) is 1. The first-order valence-electron chi connectivity index (χ1n) is 6.70. The van der Waals surface area contributed by atoms with E-state index in [2.05, 4.69) is 5.32 Å². The van der Waals surface area contributed by atoms with Gasteiger partial charge in [-0.25, -0.2) is 9.59 Å². The van der Waals surface area contributed by atoms with Crippen molar-refractivity contribution in [1.82, 2.24) is 4.90 Å². The molecule has 0 radical (unpaired) electrons. The molecule has 1 aromatic carbocycles. The van der Waals surface area contributed by atoms with Crippen LogP contribution in [0.25, 0.3) is 0 Å². The van der Waals surface area contributed by atoms with E-state index in [1.807, 2.05) is 0 Å². The summed E-state index contributed by atoms with van der Waals surface area (Å²) >= 11 is 0. The third-order valence-electron chi connectivity index (χ3n) is 3.30. The third-order valence-corrected chi connectivity index (χ3v) is 3.30. The molecule has 7 nitrogen and oxygen atoms in total. The Bertz CT molecular complexity index is 503. The molecule has 3 N–H and O–H groups in total. The summed E-state index contributed by atoms with van der Waals surface area (Å²) in [6.45, 7) is 0.889. The summed E-state index contributed by atoms with van der Waals surface area (Å²) < 4.78 is 5.01. The van der Waals surface area contributed by atoms with Gasteiger partial charge in [0.2, 0.25) is 0 Å². The number of urea groups is 1. The van der Waals surface area contributed by atoms with Gasteiger partial charge in [0.25, 0.3) is 0 Å². The Kier molecular flexibility index (Phi) is 4.99. The van der Waals surface area contributed by atoms with Crippen LogP contribution in [0.15, 0.2) is 24.3 Å². The number of ether oxygens (including phenoxy) is 1. The lowest BCUT2D eigenvalue weighted by atomic mass is 10.1. The highest BCUT2D eigenvalue weighted by molar-refractivity contribution is 5.89. The number of amides is 2. The highest BCUT2D eigenvalue weighted by atomic mass is 16.5. The fourth-order valence-corrected chi connectivity index (χ4v) is 2.15. The number of aliphatic hydroxyl groups excluding tert-OH is 1. The van der Waals surface area contributed by atoms with E-state index in [4.69, 9.17) is 14.9 Å². The fraction of sp³-hybridized carbons (Fsp3) is 0.429. The smallest absolute Gasteiger partial charge is 0.341 e. The molecule has 1 aliphatic heterocycles. The zero-order chi connectivity index (χ0) is 15.2. The average Bonchev–Trinajstić information content (AvgIpc) is 2.95. The van der Waals surface area contributed by atoms with E-state index in [-0.39, 0.29) is 18.6 Å². The second kappa shape index (κ2) is 6.94. The number of anilines is 1. The van der Waals surface area contributed by atoms with Gasteiger partial charge in [0, 0.05) is 31.3 Å². The molecule has 1 aliphatic rings. The number of carboxylic acids is 1. The van der Waals surface area contributed by atoms with Crippen molar-refractivity contribution in [2.45, 2.75) is 6.42 Å². The molecule has 0 bridgehead atoms. The number of hydrogen-bond donors (Lipinski definition) is 3. The minimum absolute atomic E-state index is 0.0966. The van der Waals surface area contributed by atoms with Crippen LogP contribution in [0.3, 0.4) is 0 Å². The van der Waals surface area contributed by atoms with Crippen molar-refractivity contribution >= 4 is 17.7 Å². The SMILES string of the molecule is O=C(O)COc1ccc(NC(=O)N2CCC(CO)C2)cc1. The zero-order valence-electron chi connectivity index (χ0n) is 11.5. The lowest BCUT2D eigenvalue weighted by Crippen LogP contribution is -2.33. The van der Waals surface area contributed by atoms with Crippen molar-refractivity contribution in [3.63, 3.8) is 0 Å². The van der Waals surface area contributed by atoms with Crippen molar-refractivity contribution in [3.05, 3.63) is 24.3 Å². The normalized spacial score (nSPS) is 17.6. The van der Waals surface area contributed by atoms with Crippen LogP contribution in [-0.4, -0.2) is 53.4 Å². The number of aliphatic carboxylic acids is 1. The lowest BCUT2D eigenvalue weighted by Gasteiger charge is -2.17. The van der Waals surface area contributed by atoms with Gasteiger partial charge in [-0.05, 0) is 30.7 Å². The Labute approximate surface area is 122 Å². The quantitative estimate of drug-likeness (QED) is 0.752. The fourth-order valence-electron chi connectivity index (χ4n) is 2.15. The zero-order valence-corrected chi connectivity index (χ0v) is 11.5. The number of rotatable bonds is 5. The Morgan fingerprint density at radius 2 is 2.05 bits per heavy atom. The van der Waals surface area contributed by atoms with Gasteiger partial charge in [-0.3, -0.25) is 0 Å². The van der Waals surface area contributed by atoms with Gasteiger partial charge in [-0.1, -0.05) is 0 Å². The maximum Gasteiger partial charge on any atom is 0.341 e. The topological polar surface area (TPSA) is 99.1 Å². The Hall–Kier alpha value is -2.28. The molecule has 1 fully saturated rings. The molecule has 1 unspecified atom stereocenters. The Balaban J connectivity index is 1.85. The maximum atomic E-state index is 12.0. The molecule has 0 spiro atoms. The number of aliphatic hydroxyl groups is 1. The number of benzene rings is 1. The van der Waals surface area contributed by atoms with Crippen molar-refractivity contribution in [3.8, 4) is 5.75 Å². The molecule has 2 amide bonds. The molecule has 0 aliphatic carbocycles. The van der Waals surface area contributed by atoms with Crippen molar-refractivity contribution in [2.75, 3.05) is 31.6 Å². The molecule has 1 heterocycles. The summed E-state index contributed by atoms with van der Waals surface area (Å²) in [6, 6.07) is 6.28. The van der Waals surface area contributed by atoms with Gasteiger partial charge < -0.3 is 25.2 Å². The first-order valence-corrected chi connectivity index (χ1v) is 6.70. The number of nitrogens with zero attached hydrogens (tertiary/aromatic N) is 1.